The first kappa shape index (κ1) is 19.4. The van der Waals surface area contributed by atoms with E-state index in [1.54, 1.807) is 12.1 Å². The third-order valence-corrected chi connectivity index (χ3v) is 6.33. The Balaban J connectivity index is 1.53. The fraction of sp³-hybridized carbons (Fsp3) is 0.667. The van der Waals surface area contributed by atoms with E-state index in [1.165, 1.54) is 37.8 Å². The number of alkyl halides is 2. The van der Waals surface area contributed by atoms with E-state index in [2.05, 4.69) is 29.3 Å². The van der Waals surface area contributed by atoms with E-state index >= 15 is 0 Å². The molecule has 0 spiro atoms. The number of isothiocyanates is 1. The molecule has 2 nitrogen and oxygen atoms in total. The fourth-order valence-corrected chi connectivity index (χ4v) is 4.67. The van der Waals surface area contributed by atoms with Gasteiger partial charge in [-0.05, 0) is 92.8 Å². The van der Waals surface area contributed by atoms with E-state index in [0.29, 0.717) is 24.4 Å². The van der Waals surface area contributed by atoms with E-state index in [1.807, 2.05) is 0 Å². The SMILES string of the molecule is CC1CCC(C2CCC(C(F)(F)Oc3ccc(N=C=S)cc3)CC2)CC1. The number of hydrogen-bond donors (Lipinski definition) is 0. The first-order chi connectivity index (χ1) is 12.5. The molecule has 0 aliphatic heterocycles. The Morgan fingerprint density at radius 2 is 1.50 bits per heavy atom. The standard InChI is InChI=1S/C21H27F2NOS/c1-15-2-4-16(5-3-15)17-6-8-18(9-7-17)21(22,23)25-20-12-10-19(11-13-20)24-14-26/h10-13,15-18H,2-9H2,1H3. The minimum atomic E-state index is -3.12. The molecule has 0 bridgehead atoms. The number of rotatable bonds is 5. The zero-order chi connectivity index (χ0) is 18.6. The lowest BCUT2D eigenvalue weighted by Crippen LogP contribution is -2.38. The molecule has 3 rings (SSSR count). The maximum Gasteiger partial charge on any atom is 0.400 e. The molecular weight excluding hydrogens is 352 g/mol. The summed E-state index contributed by atoms with van der Waals surface area (Å²) in [4.78, 5) is 3.81. The van der Waals surface area contributed by atoms with Gasteiger partial charge < -0.3 is 4.74 Å². The topological polar surface area (TPSA) is 21.6 Å². The van der Waals surface area contributed by atoms with Gasteiger partial charge in [0.2, 0.25) is 0 Å². The number of nitrogens with zero attached hydrogens (tertiary/aromatic N) is 1. The van der Waals surface area contributed by atoms with E-state index in [9.17, 15) is 8.78 Å². The van der Waals surface area contributed by atoms with Crippen molar-refractivity contribution in [1.29, 1.82) is 0 Å². The second-order valence-corrected chi connectivity index (χ2v) is 8.18. The van der Waals surface area contributed by atoms with Gasteiger partial charge in [-0.25, -0.2) is 0 Å². The molecule has 1 aromatic carbocycles. The number of hydrogen-bond acceptors (Lipinski definition) is 3. The van der Waals surface area contributed by atoms with Crippen LogP contribution in [0, 0.1) is 23.7 Å². The van der Waals surface area contributed by atoms with E-state index < -0.39 is 12.0 Å². The lowest BCUT2D eigenvalue weighted by atomic mass is 9.69. The zero-order valence-corrected chi connectivity index (χ0v) is 16.1. The fourth-order valence-electron chi connectivity index (χ4n) is 4.57. The lowest BCUT2D eigenvalue weighted by Gasteiger charge is -2.38. The molecular formula is C21H27F2NOS. The molecule has 26 heavy (non-hydrogen) atoms. The largest absolute Gasteiger partial charge is 0.432 e. The van der Waals surface area contributed by atoms with E-state index in [0.717, 1.165) is 24.7 Å². The number of ether oxygens (including phenoxy) is 1. The van der Waals surface area contributed by atoms with Gasteiger partial charge in [0.1, 0.15) is 5.75 Å². The molecule has 0 N–H and O–H groups in total. The minimum absolute atomic E-state index is 0.168. The summed E-state index contributed by atoms with van der Waals surface area (Å²) in [6.07, 6.45) is 4.95. The summed E-state index contributed by atoms with van der Waals surface area (Å²) >= 11 is 4.53. The van der Waals surface area contributed by atoms with Crippen LogP contribution in [0.3, 0.4) is 0 Å². The van der Waals surface area contributed by atoms with Crippen molar-refractivity contribution in [2.75, 3.05) is 0 Å². The normalized spacial score (nSPS) is 29.7. The predicted molar refractivity (Wildman–Crippen MR) is 103 cm³/mol. The Morgan fingerprint density at radius 1 is 0.962 bits per heavy atom. The molecule has 2 saturated carbocycles. The highest BCUT2D eigenvalue weighted by Gasteiger charge is 2.45. The Kier molecular flexibility index (Phi) is 6.42. The second-order valence-electron chi connectivity index (χ2n) is 7.99. The monoisotopic (exact) mass is 379 g/mol. The average Bonchev–Trinajstić information content (AvgIpc) is 2.64. The molecule has 2 aliphatic rings. The van der Waals surface area contributed by atoms with Crippen LogP contribution in [0.1, 0.15) is 58.3 Å². The maximum atomic E-state index is 14.6. The number of aliphatic imine (C=N–C) groups is 1. The quantitative estimate of drug-likeness (QED) is 0.405. The first-order valence-corrected chi connectivity index (χ1v) is 10.1. The maximum absolute atomic E-state index is 14.6. The lowest BCUT2D eigenvalue weighted by molar-refractivity contribution is -0.224. The summed E-state index contributed by atoms with van der Waals surface area (Å²) in [5, 5.41) is 2.26. The summed E-state index contributed by atoms with van der Waals surface area (Å²) in [6, 6.07) is 6.22. The summed E-state index contributed by atoms with van der Waals surface area (Å²) < 4.78 is 34.2. The molecule has 142 valence electrons. The van der Waals surface area contributed by atoms with Gasteiger partial charge in [-0.2, -0.15) is 13.8 Å². The Labute approximate surface area is 160 Å². The van der Waals surface area contributed by atoms with Crippen LogP contribution in [-0.2, 0) is 0 Å². The molecule has 0 unspecified atom stereocenters. The highest BCUT2D eigenvalue weighted by Crippen LogP contribution is 2.45. The third kappa shape index (κ3) is 4.89. The third-order valence-electron chi connectivity index (χ3n) is 6.24. The Morgan fingerprint density at radius 3 is 2.04 bits per heavy atom. The highest BCUT2D eigenvalue weighted by atomic mass is 32.1. The van der Waals surface area contributed by atoms with Crippen LogP contribution in [0.5, 0.6) is 5.75 Å². The van der Waals surface area contributed by atoms with Crippen LogP contribution in [0.2, 0.25) is 0 Å². The first-order valence-electron chi connectivity index (χ1n) is 9.72. The van der Waals surface area contributed by atoms with Crippen molar-refractivity contribution in [3.63, 3.8) is 0 Å². The van der Waals surface area contributed by atoms with Gasteiger partial charge in [0.05, 0.1) is 16.8 Å². The summed E-state index contributed by atoms with van der Waals surface area (Å²) in [7, 11) is 0. The van der Waals surface area contributed by atoms with Crippen molar-refractivity contribution in [3.8, 4) is 5.75 Å². The van der Waals surface area contributed by atoms with Gasteiger partial charge in [-0.15, -0.1) is 0 Å². The van der Waals surface area contributed by atoms with Crippen molar-refractivity contribution < 1.29 is 13.5 Å². The van der Waals surface area contributed by atoms with Crippen LogP contribution in [0.25, 0.3) is 0 Å². The summed E-state index contributed by atoms with van der Waals surface area (Å²) in [6.45, 7) is 2.32. The molecule has 0 heterocycles. The molecule has 5 heteroatoms. The molecule has 0 radical (unpaired) electrons. The number of thiocarbonyl (C=S) groups is 1. The summed E-state index contributed by atoms with van der Waals surface area (Å²) in [5.74, 6) is 1.68. The van der Waals surface area contributed by atoms with Crippen LogP contribution in [0.15, 0.2) is 29.3 Å². The van der Waals surface area contributed by atoms with Gasteiger partial charge in [-0.1, -0.05) is 19.8 Å². The molecule has 1 aromatic rings. The van der Waals surface area contributed by atoms with Crippen LogP contribution in [0.4, 0.5) is 14.5 Å². The van der Waals surface area contributed by atoms with Crippen molar-refractivity contribution >= 4 is 23.1 Å². The second kappa shape index (κ2) is 8.58. The molecule has 0 amide bonds. The van der Waals surface area contributed by atoms with Crippen molar-refractivity contribution in [3.05, 3.63) is 24.3 Å². The van der Waals surface area contributed by atoms with Gasteiger partial charge in [0.15, 0.2) is 0 Å². The van der Waals surface area contributed by atoms with Gasteiger partial charge in [0.25, 0.3) is 0 Å². The predicted octanol–water partition coefficient (Wildman–Crippen LogP) is 7.03. The van der Waals surface area contributed by atoms with E-state index in [-0.39, 0.29) is 5.75 Å². The molecule has 0 aromatic heterocycles. The van der Waals surface area contributed by atoms with E-state index in [4.69, 9.17) is 4.74 Å². The number of halogens is 2. The number of benzene rings is 1. The molecule has 2 fully saturated rings. The Hall–Kier alpha value is -1.32. The van der Waals surface area contributed by atoms with Gasteiger partial charge >= 0.3 is 6.11 Å². The van der Waals surface area contributed by atoms with Gasteiger partial charge in [0, 0.05) is 0 Å². The minimum Gasteiger partial charge on any atom is -0.432 e. The van der Waals surface area contributed by atoms with Crippen molar-refractivity contribution in [2.24, 2.45) is 28.7 Å². The molecule has 0 atom stereocenters. The average molecular weight is 380 g/mol. The Bertz CT molecular complexity index is 626. The highest BCUT2D eigenvalue weighted by molar-refractivity contribution is 7.78. The summed E-state index contributed by atoms with van der Waals surface area (Å²) in [5.41, 5.74) is 0.581. The van der Waals surface area contributed by atoms with Crippen LogP contribution >= 0.6 is 12.2 Å². The van der Waals surface area contributed by atoms with Crippen LogP contribution < -0.4 is 4.74 Å². The zero-order valence-electron chi connectivity index (χ0n) is 15.3. The van der Waals surface area contributed by atoms with Gasteiger partial charge in [-0.3, -0.25) is 0 Å². The molecule has 2 aliphatic carbocycles. The van der Waals surface area contributed by atoms with Crippen molar-refractivity contribution in [2.45, 2.75) is 64.4 Å². The molecule has 0 saturated heterocycles. The smallest absolute Gasteiger partial charge is 0.400 e. The van der Waals surface area contributed by atoms with Crippen LogP contribution in [-0.4, -0.2) is 11.3 Å². The van der Waals surface area contributed by atoms with Crippen molar-refractivity contribution in [1.82, 2.24) is 0 Å².